The maximum atomic E-state index is 10.3. The quantitative estimate of drug-likeness (QED) is 0.338. The maximum Gasteiger partial charge on any atom is 0.181 e. The second-order valence-electron chi connectivity index (χ2n) is 1.21. The fraction of sp³-hybridized carbons (Fsp3) is 0. The van der Waals surface area contributed by atoms with E-state index in [1.165, 1.54) is 0 Å². The summed E-state index contributed by atoms with van der Waals surface area (Å²) < 4.78 is 0. The van der Waals surface area contributed by atoms with Crippen LogP contribution in [-0.2, 0) is 9.59 Å². The molecule has 0 bridgehead atoms. The molecular weight excluding hydrogens is 120 g/mol. The van der Waals surface area contributed by atoms with Gasteiger partial charge in [0.15, 0.2) is 5.78 Å². The number of ketones is 1. The van der Waals surface area contributed by atoms with Crippen molar-refractivity contribution in [1.82, 2.24) is 0 Å². The number of hydrogen-bond donors (Lipinski definition) is 1. The Kier molecular flexibility index (Phi) is 4.04. The molecule has 0 fully saturated rings. The van der Waals surface area contributed by atoms with Gasteiger partial charge >= 0.3 is 0 Å². The van der Waals surface area contributed by atoms with Crippen LogP contribution in [0.1, 0.15) is 0 Å². The van der Waals surface area contributed by atoms with Gasteiger partial charge in [-0.05, 0) is 12.2 Å². The molecule has 3 nitrogen and oxygen atoms in total. The fourth-order valence-corrected chi connectivity index (χ4v) is 0.263. The van der Waals surface area contributed by atoms with Gasteiger partial charge in [-0.15, -0.1) is 0 Å². The molecule has 9 heavy (non-hydrogen) atoms. The van der Waals surface area contributed by atoms with E-state index in [1.54, 1.807) is 0 Å². The first-order valence-corrected chi connectivity index (χ1v) is 2.28. The van der Waals surface area contributed by atoms with Gasteiger partial charge in [0, 0.05) is 6.08 Å². The van der Waals surface area contributed by atoms with Gasteiger partial charge < -0.3 is 5.11 Å². The monoisotopic (exact) mass is 126 g/mol. The maximum absolute atomic E-state index is 10.3. The smallest absolute Gasteiger partial charge is 0.181 e. The van der Waals surface area contributed by atoms with Crippen LogP contribution in [0.3, 0.4) is 0 Å². The van der Waals surface area contributed by atoms with Crippen molar-refractivity contribution >= 4 is 12.1 Å². The average molecular weight is 126 g/mol. The van der Waals surface area contributed by atoms with Crippen LogP contribution in [0.4, 0.5) is 0 Å². The summed E-state index contributed by atoms with van der Waals surface area (Å²) in [5.74, 6) is -0.412. The van der Waals surface area contributed by atoms with Crippen LogP contribution >= 0.6 is 0 Å². The molecule has 3 heteroatoms. The second-order valence-corrected chi connectivity index (χ2v) is 1.21. The predicted octanol–water partition coefficient (Wildman–Crippen LogP) is 0.382. The van der Waals surface area contributed by atoms with Crippen LogP contribution in [0.5, 0.6) is 0 Å². The van der Waals surface area contributed by atoms with Gasteiger partial charge in [-0.3, -0.25) is 9.59 Å². The summed E-state index contributed by atoms with van der Waals surface area (Å²) in [6.07, 6.45) is 4.17. The minimum Gasteiger partial charge on any atom is -0.515 e. The Hall–Kier alpha value is -1.38. The van der Waals surface area contributed by atoms with E-state index in [0.29, 0.717) is 12.5 Å². The molecule has 0 amide bonds. The van der Waals surface area contributed by atoms with E-state index in [-0.39, 0.29) is 0 Å². The molecule has 0 unspecified atom stereocenters. The number of carbonyl (C=O) groups is 2. The summed E-state index contributed by atoms with van der Waals surface area (Å²) in [4.78, 5) is 19.9. The van der Waals surface area contributed by atoms with Crippen molar-refractivity contribution < 1.29 is 14.7 Å². The predicted molar refractivity (Wildman–Crippen MR) is 32.0 cm³/mol. The largest absolute Gasteiger partial charge is 0.515 e. The molecule has 0 rings (SSSR count). The minimum absolute atomic E-state index is 0.412. The molecule has 1 N–H and O–H groups in total. The van der Waals surface area contributed by atoms with Crippen molar-refractivity contribution in [2.75, 3.05) is 0 Å². The minimum atomic E-state index is -0.412. The van der Waals surface area contributed by atoms with Gasteiger partial charge in [0.05, 0.1) is 6.26 Å². The highest BCUT2D eigenvalue weighted by atomic mass is 16.2. The Balaban J connectivity index is 3.76. The first-order valence-electron chi connectivity index (χ1n) is 2.28. The number of aliphatic hydroxyl groups excluding tert-OH is 1. The number of aldehydes is 1. The van der Waals surface area contributed by atoms with Crippen LogP contribution in [0.15, 0.2) is 24.5 Å². The van der Waals surface area contributed by atoms with Crippen LogP contribution in [0.2, 0.25) is 0 Å². The summed E-state index contributed by atoms with van der Waals surface area (Å²) in [6.45, 7) is 0. The molecule has 0 saturated carbocycles. The lowest BCUT2D eigenvalue weighted by atomic mass is 10.3. The van der Waals surface area contributed by atoms with E-state index in [4.69, 9.17) is 5.11 Å². The van der Waals surface area contributed by atoms with Gasteiger partial charge in [0.25, 0.3) is 0 Å². The molecule has 0 aromatic carbocycles. The molecule has 0 aromatic rings. The Morgan fingerprint density at radius 1 is 1.33 bits per heavy atom. The Morgan fingerprint density at radius 3 is 2.44 bits per heavy atom. The normalized spacial score (nSPS) is 10.7. The number of carbonyl (C=O) groups excluding carboxylic acids is 2. The van der Waals surface area contributed by atoms with Crippen molar-refractivity contribution in [3.05, 3.63) is 24.5 Å². The SMILES string of the molecule is O=C/C=C/C(=O)/C=C/O. The van der Waals surface area contributed by atoms with E-state index in [2.05, 4.69) is 0 Å². The van der Waals surface area contributed by atoms with Crippen molar-refractivity contribution in [1.29, 1.82) is 0 Å². The molecule has 0 radical (unpaired) electrons. The van der Waals surface area contributed by atoms with Crippen molar-refractivity contribution in [3.63, 3.8) is 0 Å². The summed E-state index contributed by atoms with van der Waals surface area (Å²) >= 11 is 0. The van der Waals surface area contributed by atoms with Gasteiger partial charge in [-0.25, -0.2) is 0 Å². The second kappa shape index (κ2) is 4.77. The molecular formula is C6H6O3. The molecule has 0 atom stereocenters. The topological polar surface area (TPSA) is 54.4 Å². The van der Waals surface area contributed by atoms with E-state index in [1.807, 2.05) is 0 Å². The van der Waals surface area contributed by atoms with Crippen LogP contribution in [0.25, 0.3) is 0 Å². The van der Waals surface area contributed by atoms with Crippen molar-refractivity contribution in [3.8, 4) is 0 Å². The number of hydrogen-bond acceptors (Lipinski definition) is 3. The van der Waals surface area contributed by atoms with Crippen molar-refractivity contribution in [2.45, 2.75) is 0 Å². The first-order chi connectivity index (χ1) is 4.31. The Labute approximate surface area is 52.3 Å². The van der Waals surface area contributed by atoms with E-state index in [0.717, 1.165) is 18.2 Å². The molecule has 0 aliphatic heterocycles. The Morgan fingerprint density at radius 2 is 2.00 bits per heavy atom. The van der Waals surface area contributed by atoms with Gasteiger partial charge in [-0.1, -0.05) is 0 Å². The van der Waals surface area contributed by atoms with Gasteiger partial charge in [0.1, 0.15) is 6.29 Å². The highest BCUT2D eigenvalue weighted by Crippen LogP contribution is 1.76. The van der Waals surface area contributed by atoms with E-state index in [9.17, 15) is 9.59 Å². The zero-order valence-electron chi connectivity index (χ0n) is 4.65. The highest BCUT2D eigenvalue weighted by Gasteiger charge is 1.83. The Bertz CT molecular complexity index is 156. The summed E-state index contributed by atoms with van der Waals surface area (Å²) in [5.41, 5.74) is 0. The molecule has 0 aromatic heterocycles. The number of aliphatic hydroxyl groups is 1. The van der Waals surface area contributed by atoms with Crippen LogP contribution in [-0.4, -0.2) is 17.2 Å². The van der Waals surface area contributed by atoms with Crippen molar-refractivity contribution in [2.24, 2.45) is 0 Å². The zero-order valence-corrected chi connectivity index (χ0v) is 4.65. The lowest BCUT2D eigenvalue weighted by molar-refractivity contribution is -0.111. The molecule has 0 aliphatic rings. The number of allylic oxidation sites excluding steroid dienone is 3. The standard InChI is InChI=1S/C6H6O3/c7-4-1-2-6(9)3-5-8/h1-5,8H/b2-1+,5-3+. The highest BCUT2D eigenvalue weighted by molar-refractivity contribution is 6.00. The summed E-state index contributed by atoms with van der Waals surface area (Å²) in [5, 5.41) is 8.01. The third kappa shape index (κ3) is 4.47. The van der Waals surface area contributed by atoms with Crippen LogP contribution < -0.4 is 0 Å². The molecule has 0 saturated heterocycles. The third-order valence-corrected chi connectivity index (χ3v) is 0.578. The van der Waals surface area contributed by atoms with Gasteiger partial charge in [-0.2, -0.15) is 0 Å². The molecule has 0 aliphatic carbocycles. The first kappa shape index (κ1) is 7.62. The summed E-state index contributed by atoms with van der Waals surface area (Å²) in [6, 6.07) is 0. The molecule has 0 spiro atoms. The van der Waals surface area contributed by atoms with Gasteiger partial charge in [0.2, 0.25) is 0 Å². The summed E-state index contributed by atoms with van der Waals surface area (Å²) in [7, 11) is 0. The lowest BCUT2D eigenvalue weighted by Crippen LogP contribution is -1.83. The average Bonchev–Trinajstić information content (AvgIpc) is 1.85. The fourth-order valence-electron chi connectivity index (χ4n) is 0.263. The third-order valence-electron chi connectivity index (χ3n) is 0.578. The zero-order chi connectivity index (χ0) is 7.11. The van der Waals surface area contributed by atoms with E-state index < -0.39 is 5.78 Å². The lowest BCUT2D eigenvalue weighted by Gasteiger charge is -1.74. The van der Waals surface area contributed by atoms with Crippen LogP contribution in [0, 0.1) is 0 Å². The number of rotatable bonds is 3. The molecule has 0 heterocycles. The molecule has 48 valence electrons. The van der Waals surface area contributed by atoms with E-state index >= 15 is 0 Å².